The molecule has 3 rings (SSSR count). The number of hydrogen-bond donors (Lipinski definition) is 2. The number of benzene rings is 1. The second kappa shape index (κ2) is 9.17. The van der Waals surface area contributed by atoms with Gasteiger partial charge >= 0.3 is 0 Å². The van der Waals surface area contributed by atoms with E-state index in [2.05, 4.69) is 5.32 Å². The molecule has 1 aromatic carbocycles. The molecule has 2 fully saturated rings. The van der Waals surface area contributed by atoms with Crippen LogP contribution < -0.4 is 14.8 Å². The number of nitrogens with one attached hydrogen (secondary N) is 1. The van der Waals surface area contributed by atoms with Gasteiger partial charge in [-0.15, -0.1) is 0 Å². The van der Waals surface area contributed by atoms with Crippen molar-refractivity contribution in [1.29, 1.82) is 0 Å². The number of rotatable bonds is 6. The molecule has 2 aliphatic rings. The molecule has 0 unspecified atom stereocenters. The van der Waals surface area contributed by atoms with Crippen molar-refractivity contribution in [2.45, 2.75) is 12.1 Å². The van der Waals surface area contributed by atoms with E-state index in [4.69, 9.17) is 21.7 Å². The number of methoxy groups -OCH3 is 2. The highest BCUT2D eigenvalue weighted by Crippen LogP contribution is 2.35. The van der Waals surface area contributed by atoms with E-state index in [0.717, 1.165) is 11.8 Å². The van der Waals surface area contributed by atoms with Gasteiger partial charge in [-0.1, -0.05) is 24.0 Å². The van der Waals surface area contributed by atoms with Crippen molar-refractivity contribution in [3.05, 3.63) is 28.7 Å². The molecule has 0 spiro atoms. The maximum absolute atomic E-state index is 12.8. The molecule has 0 aromatic heterocycles. The van der Waals surface area contributed by atoms with E-state index in [0.29, 0.717) is 37.8 Å². The molecule has 0 aliphatic carbocycles. The number of amides is 2. The Bertz CT molecular complexity index is 829. The van der Waals surface area contributed by atoms with Gasteiger partial charge in [0, 0.05) is 17.1 Å². The van der Waals surface area contributed by atoms with Crippen molar-refractivity contribution in [1.82, 2.24) is 10.2 Å². The van der Waals surface area contributed by atoms with Gasteiger partial charge in [-0.25, -0.2) is 0 Å². The van der Waals surface area contributed by atoms with Crippen LogP contribution in [0.25, 0.3) is 6.08 Å². The summed E-state index contributed by atoms with van der Waals surface area (Å²) in [7, 11) is 3.11. The molecule has 7 nitrogen and oxygen atoms in total. The van der Waals surface area contributed by atoms with Gasteiger partial charge in [0.2, 0.25) is 5.91 Å². The zero-order valence-electron chi connectivity index (χ0n) is 15.3. The number of carbonyl (C=O) groups excluding carboxylic acids is 2. The average Bonchev–Trinajstić information content (AvgIpc) is 3.19. The number of carbonyl (C=O) groups is 2. The van der Waals surface area contributed by atoms with E-state index in [1.165, 1.54) is 4.90 Å². The topological polar surface area (TPSA) is 88.1 Å². The van der Waals surface area contributed by atoms with Crippen molar-refractivity contribution in [3.63, 3.8) is 0 Å². The van der Waals surface area contributed by atoms with Crippen molar-refractivity contribution >= 4 is 58.0 Å². The summed E-state index contributed by atoms with van der Waals surface area (Å²) in [5.74, 6) is 1.80. The molecule has 2 amide bonds. The molecule has 2 heterocycles. The molecule has 2 atom stereocenters. The summed E-state index contributed by atoms with van der Waals surface area (Å²) in [6.45, 7) is -0.175. The van der Waals surface area contributed by atoms with Crippen LogP contribution in [0.2, 0.25) is 0 Å². The van der Waals surface area contributed by atoms with Gasteiger partial charge < -0.3 is 19.9 Å². The average molecular weight is 441 g/mol. The molecule has 2 aliphatic heterocycles. The fourth-order valence-electron chi connectivity index (χ4n) is 2.81. The van der Waals surface area contributed by atoms with Crippen LogP contribution in [0.3, 0.4) is 0 Å². The predicted octanol–water partition coefficient (Wildman–Crippen LogP) is 1.50. The summed E-state index contributed by atoms with van der Waals surface area (Å²) in [5, 5.41) is 12.6. The largest absolute Gasteiger partial charge is 0.497 e. The fourth-order valence-corrected chi connectivity index (χ4v) is 5.22. The minimum absolute atomic E-state index is 0.175. The van der Waals surface area contributed by atoms with E-state index >= 15 is 0 Å². The Labute approximate surface area is 176 Å². The summed E-state index contributed by atoms with van der Waals surface area (Å²) in [6.07, 6.45) is 1.11. The summed E-state index contributed by atoms with van der Waals surface area (Å²) < 4.78 is 10.9. The summed E-state index contributed by atoms with van der Waals surface area (Å²) in [4.78, 5) is 26.7. The monoisotopic (exact) mass is 440 g/mol. The molecule has 0 radical (unpaired) electrons. The first kappa shape index (κ1) is 21.0. The lowest BCUT2D eigenvalue weighted by Crippen LogP contribution is -2.47. The first-order valence-electron chi connectivity index (χ1n) is 8.45. The Kier molecular flexibility index (Phi) is 6.86. The molecular weight excluding hydrogens is 420 g/mol. The van der Waals surface area contributed by atoms with Gasteiger partial charge in [0.15, 0.2) is 0 Å². The van der Waals surface area contributed by atoms with E-state index in [9.17, 15) is 14.7 Å². The summed E-state index contributed by atoms with van der Waals surface area (Å²) in [6, 6.07) is 4.98. The van der Waals surface area contributed by atoms with Crippen LogP contribution >= 0.6 is 35.7 Å². The van der Waals surface area contributed by atoms with Crippen LogP contribution in [-0.2, 0) is 9.59 Å². The maximum atomic E-state index is 12.8. The number of thiocarbonyl (C=S) groups is 1. The number of nitrogens with zero attached hydrogens (tertiary/aromatic N) is 1. The number of hydrogen-bond acceptors (Lipinski definition) is 8. The van der Waals surface area contributed by atoms with E-state index < -0.39 is 6.10 Å². The van der Waals surface area contributed by atoms with Crippen LogP contribution in [0.5, 0.6) is 11.5 Å². The van der Waals surface area contributed by atoms with Gasteiger partial charge in [-0.2, -0.15) is 11.8 Å². The van der Waals surface area contributed by atoms with E-state index in [-0.39, 0.29) is 24.4 Å². The standard InChI is InChI=1S/C18H20N2O5S3/c1-24-11-3-4-14(25-2)10(5-11)6-15-17(23)20(18(26)28-15)7-16(22)19-12-8-27-9-13(12)21/h3-6,12-13,21H,7-9H2,1-2H3,(H,19,22)/b15-6-/t12-,13+/m1/s1. The van der Waals surface area contributed by atoms with Crippen LogP contribution in [0.15, 0.2) is 23.1 Å². The van der Waals surface area contributed by atoms with Crippen LogP contribution in [0.1, 0.15) is 5.56 Å². The maximum Gasteiger partial charge on any atom is 0.266 e. The lowest BCUT2D eigenvalue weighted by molar-refractivity contribution is -0.129. The first-order chi connectivity index (χ1) is 13.4. The number of aliphatic hydroxyl groups is 1. The van der Waals surface area contributed by atoms with Gasteiger partial charge in [-0.3, -0.25) is 14.5 Å². The quantitative estimate of drug-likeness (QED) is 0.508. The molecular formula is C18H20N2O5S3. The molecule has 150 valence electrons. The minimum Gasteiger partial charge on any atom is -0.497 e. The minimum atomic E-state index is -0.569. The number of ether oxygens (including phenoxy) is 2. The van der Waals surface area contributed by atoms with E-state index in [1.807, 2.05) is 0 Å². The summed E-state index contributed by atoms with van der Waals surface area (Å²) in [5.41, 5.74) is 0.679. The molecule has 1 aromatic rings. The Balaban J connectivity index is 1.73. The molecule has 2 saturated heterocycles. The fraction of sp³-hybridized carbons (Fsp3) is 0.389. The smallest absolute Gasteiger partial charge is 0.266 e. The van der Waals surface area contributed by atoms with Crippen molar-refractivity contribution in [2.24, 2.45) is 0 Å². The highest BCUT2D eigenvalue weighted by Gasteiger charge is 2.35. The number of aliphatic hydroxyl groups excluding tert-OH is 1. The van der Waals surface area contributed by atoms with Gasteiger partial charge in [-0.05, 0) is 24.3 Å². The third-order valence-electron chi connectivity index (χ3n) is 4.30. The van der Waals surface area contributed by atoms with Gasteiger partial charge in [0.1, 0.15) is 22.4 Å². The Morgan fingerprint density at radius 3 is 2.82 bits per heavy atom. The van der Waals surface area contributed by atoms with Gasteiger partial charge in [0.25, 0.3) is 5.91 Å². The van der Waals surface area contributed by atoms with Gasteiger partial charge in [0.05, 0.1) is 31.3 Å². The van der Waals surface area contributed by atoms with Crippen LogP contribution in [0.4, 0.5) is 0 Å². The molecule has 0 bridgehead atoms. The second-order valence-corrected chi connectivity index (χ2v) is 8.91. The lowest BCUT2D eigenvalue weighted by atomic mass is 10.1. The normalized spacial score (nSPS) is 23.4. The van der Waals surface area contributed by atoms with Crippen molar-refractivity contribution in [3.8, 4) is 11.5 Å². The zero-order chi connectivity index (χ0) is 20.3. The lowest BCUT2D eigenvalue weighted by Gasteiger charge is -2.18. The van der Waals surface area contributed by atoms with E-state index in [1.54, 1.807) is 50.3 Å². The molecule has 0 saturated carbocycles. The Morgan fingerprint density at radius 2 is 2.18 bits per heavy atom. The van der Waals surface area contributed by atoms with Crippen molar-refractivity contribution in [2.75, 3.05) is 32.3 Å². The SMILES string of the molecule is COc1ccc(OC)c(/C=C2\SC(=S)N(CC(=O)N[C@@H]3CSC[C@@H]3O)C2=O)c1. The molecule has 2 N–H and O–H groups in total. The summed E-state index contributed by atoms with van der Waals surface area (Å²) >= 11 is 7.99. The van der Waals surface area contributed by atoms with Crippen LogP contribution in [0, 0.1) is 0 Å². The highest BCUT2D eigenvalue weighted by atomic mass is 32.2. The highest BCUT2D eigenvalue weighted by molar-refractivity contribution is 8.26. The third-order valence-corrected chi connectivity index (χ3v) is 6.85. The zero-order valence-corrected chi connectivity index (χ0v) is 17.8. The Hall–Kier alpha value is -1.75. The second-order valence-electron chi connectivity index (χ2n) is 6.15. The Morgan fingerprint density at radius 1 is 1.39 bits per heavy atom. The predicted molar refractivity (Wildman–Crippen MR) is 115 cm³/mol. The van der Waals surface area contributed by atoms with Crippen molar-refractivity contribution < 1.29 is 24.2 Å². The molecule has 28 heavy (non-hydrogen) atoms. The molecule has 10 heteroatoms. The number of thioether (sulfide) groups is 2. The first-order valence-corrected chi connectivity index (χ1v) is 10.8. The third kappa shape index (κ3) is 4.62. The van der Waals surface area contributed by atoms with Crippen LogP contribution in [-0.4, -0.2) is 70.6 Å².